The first-order valence-electron chi connectivity index (χ1n) is 5.65. The zero-order chi connectivity index (χ0) is 12.7. The highest BCUT2D eigenvalue weighted by Gasteiger charge is 2.25. The van der Waals surface area contributed by atoms with Gasteiger partial charge in [0.25, 0.3) is 0 Å². The standard InChI is InChI=1S/C13H16F2OS/c1-2-13(14,15)9-6-10-17-12(16)11-7-4-3-5-8-11/h3-5,7-8H,2,6,9-10H2,1H3. The van der Waals surface area contributed by atoms with Crippen LogP contribution in [0.2, 0.25) is 0 Å². The lowest BCUT2D eigenvalue weighted by Crippen LogP contribution is -2.14. The van der Waals surface area contributed by atoms with Gasteiger partial charge in [-0.05, 0) is 6.42 Å². The molecule has 1 nitrogen and oxygen atoms in total. The van der Waals surface area contributed by atoms with Gasteiger partial charge in [-0.1, -0.05) is 49.0 Å². The molecule has 0 bridgehead atoms. The molecule has 1 aromatic carbocycles. The predicted molar refractivity (Wildman–Crippen MR) is 67.7 cm³/mol. The SMILES string of the molecule is CCC(F)(F)CCCSC(=O)c1ccccc1. The van der Waals surface area contributed by atoms with Crippen molar-refractivity contribution >= 4 is 16.9 Å². The summed E-state index contributed by atoms with van der Waals surface area (Å²) in [6.07, 6.45) is 0.0902. The molecule has 17 heavy (non-hydrogen) atoms. The second-order valence-electron chi connectivity index (χ2n) is 3.82. The van der Waals surface area contributed by atoms with E-state index in [1.165, 1.54) is 6.92 Å². The van der Waals surface area contributed by atoms with Crippen LogP contribution in [0, 0.1) is 0 Å². The summed E-state index contributed by atoms with van der Waals surface area (Å²) in [5.74, 6) is -2.14. The van der Waals surface area contributed by atoms with E-state index in [9.17, 15) is 13.6 Å². The van der Waals surface area contributed by atoms with E-state index < -0.39 is 5.92 Å². The third-order valence-electron chi connectivity index (χ3n) is 2.45. The molecule has 0 radical (unpaired) electrons. The minimum absolute atomic E-state index is 0.0505. The van der Waals surface area contributed by atoms with Gasteiger partial charge in [-0.15, -0.1) is 0 Å². The third kappa shape index (κ3) is 5.31. The van der Waals surface area contributed by atoms with Crippen LogP contribution in [0.15, 0.2) is 30.3 Å². The van der Waals surface area contributed by atoms with Crippen molar-refractivity contribution in [1.29, 1.82) is 0 Å². The fourth-order valence-corrected chi connectivity index (χ4v) is 2.11. The van der Waals surface area contributed by atoms with E-state index in [-0.39, 0.29) is 18.0 Å². The molecule has 0 fully saturated rings. The van der Waals surface area contributed by atoms with E-state index >= 15 is 0 Å². The molecule has 0 saturated carbocycles. The number of hydrogen-bond acceptors (Lipinski definition) is 2. The van der Waals surface area contributed by atoms with Crippen LogP contribution in [0.3, 0.4) is 0 Å². The van der Waals surface area contributed by atoms with Gasteiger partial charge in [0.05, 0.1) is 0 Å². The molecule has 0 spiro atoms. The van der Waals surface area contributed by atoms with Gasteiger partial charge in [0.2, 0.25) is 11.0 Å². The van der Waals surface area contributed by atoms with Crippen molar-refractivity contribution in [3.05, 3.63) is 35.9 Å². The Balaban J connectivity index is 2.26. The van der Waals surface area contributed by atoms with E-state index in [4.69, 9.17) is 0 Å². The average Bonchev–Trinajstić information content (AvgIpc) is 2.35. The summed E-state index contributed by atoms with van der Waals surface area (Å²) in [6.45, 7) is 1.47. The van der Waals surface area contributed by atoms with E-state index in [1.807, 2.05) is 6.07 Å². The van der Waals surface area contributed by atoms with Crippen LogP contribution < -0.4 is 0 Å². The lowest BCUT2D eigenvalue weighted by Gasteiger charge is -2.12. The van der Waals surface area contributed by atoms with Gasteiger partial charge in [-0.3, -0.25) is 4.79 Å². The maximum absolute atomic E-state index is 12.9. The van der Waals surface area contributed by atoms with Gasteiger partial charge in [0, 0.05) is 24.2 Å². The first-order chi connectivity index (χ1) is 8.05. The van der Waals surface area contributed by atoms with E-state index in [0.717, 1.165) is 11.8 Å². The maximum atomic E-state index is 12.9. The fourth-order valence-electron chi connectivity index (χ4n) is 1.33. The highest BCUT2D eigenvalue weighted by atomic mass is 32.2. The second kappa shape index (κ2) is 6.74. The number of carbonyl (C=O) groups excluding carboxylic acids is 1. The predicted octanol–water partition coefficient (Wildman–Crippen LogP) is 4.39. The molecule has 4 heteroatoms. The van der Waals surface area contributed by atoms with Crippen LogP contribution in [0.1, 0.15) is 36.5 Å². The maximum Gasteiger partial charge on any atom is 0.247 e. The van der Waals surface area contributed by atoms with E-state index in [2.05, 4.69) is 0 Å². The van der Waals surface area contributed by atoms with Gasteiger partial charge in [0.1, 0.15) is 0 Å². The number of hydrogen-bond donors (Lipinski definition) is 0. The molecule has 0 unspecified atom stereocenters. The summed E-state index contributed by atoms with van der Waals surface area (Å²) in [5.41, 5.74) is 0.625. The van der Waals surface area contributed by atoms with E-state index in [1.54, 1.807) is 24.3 Å². The van der Waals surface area contributed by atoms with Gasteiger partial charge < -0.3 is 0 Å². The Labute approximate surface area is 105 Å². The monoisotopic (exact) mass is 258 g/mol. The molecule has 0 amide bonds. The van der Waals surface area contributed by atoms with Crippen molar-refractivity contribution in [2.45, 2.75) is 32.1 Å². The molecule has 94 valence electrons. The fraction of sp³-hybridized carbons (Fsp3) is 0.462. The first-order valence-corrected chi connectivity index (χ1v) is 6.64. The minimum Gasteiger partial charge on any atom is -0.282 e. The summed E-state index contributed by atoms with van der Waals surface area (Å²) in [7, 11) is 0. The third-order valence-corrected chi connectivity index (χ3v) is 3.44. The molecule has 0 aromatic heterocycles. The van der Waals surface area contributed by atoms with Crippen LogP contribution in [0.5, 0.6) is 0 Å². The molecule has 0 saturated heterocycles. The molecule has 0 aliphatic heterocycles. The summed E-state index contributed by atoms with van der Waals surface area (Å²) < 4.78 is 25.8. The van der Waals surface area contributed by atoms with Gasteiger partial charge in [-0.2, -0.15) is 0 Å². The Morgan fingerprint density at radius 1 is 1.29 bits per heavy atom. The molecule has 1 aromatic rings. The molecule has 0 atom stereocenters. The van der Waals surface area contributed by atoms with Crippen LogP contribution in [-0.2, 0) is 0 Å². The first kappa shape index (κ1) is 14.2. The lowest BCUT2D eigenvalue weighted by molar-refractivity contribution is -0.0117. The van der Waals surface area contributed by atoms with Gasteiger partial charge in [-0.25, -0.2) is 8.78 Å². The molecule has 1 rings (SSSR count). The number of halogens is 2. The topological polar surface area (TPSA) is 17.1 Å². The summed E-state index contributed by atoms with van der Waals surface area (Å²) in [4.78, 5) is 11.6. The number of benzene rings is 1. The number of alkyl halides is 2. The van der Waals surface area contributed by atoms with Crippen LogP contribution in [-0.4, -0.2) is 16.8 Å². The van der Waals surface area contributed by atoms with Gasteiger partial charge in [0.15, 0.2) is 0 Å². The largest absolute Gasteiger partial charge is 0.282 e. The van der Waals surface area contributed by atoms with Crippen LogP contribution in [0.4, 0.5) is 8.78 Å². The molecular formula is C13H16F2OS. The van der Waals surface area contributed by atoms with Crippen molar-refractivity contribution in [2.24, 2.45) is 0 Å². The summed E-state index contributed by atoms with van der Waals surface area (Å²) in [6, 6.07) is 8.88. The van der Waals surface area contributed by atoms with Gasteiger partial charge >= 0.3 is 0 Å². The molecule has 0 aliphatic rings. The van der Waals surface area contributed by atoms with Crippen molar-refractivity contribution < 1.29 is 13.6 Å². The Morgan fingerprint density at radius 3 is 2.53 bits per heavy atom. The van der Waals surface area contributed by atoms with Crippen molar-refractivity contribution in [3.8, 4) is 0 Å². The van der Waals surface area contributed by atoms with Crippen LogP contribution in [0.25, 0.3) is 0 Å². The normalized spacial score (nSPS) is 11.5. The quantitative estimate of drug-likeness (QED) is 0.704. The van der Waals surface area contributed by atoms with E-state index in [0.29, 0.717) is 17.7 Å². The Bertz CT molecular complexity index is 352. The number of rotatable bonds is 6. The van der Waals surface area contributed by atoms with Crippen molar-refractivity contribution in [2.75, 3.05) is 5.75 Å². The molecule has 0 heterocycles. The average molecular weight is 258 g/mol. The van der Waals surface area contributed by atoms with Crippen molar-refractivity contribution in [3.63, 3.8) is 0 Å². The molecule has 0 N–H and O–H groups in total. The molecule has 0 aliphatic carbocycles. The Morgan fingerprint density at radius 2 is 1.94 bits per heavy atom. The van der Waals surface area contributed by atoms with Crippen molar-refractivity contribution in [1.82, 2.24) is 0 Å². The summed E-state index contributed by atoms with van der Waals surface area (Å²) in [5, 5.41) is -0.0505. The molecular weight excluding hydrogens is 242 g/mol. The van der Waals surface area contributed by atoms with Crippen LogP contribution >= 0.6 is 11.8 Å². The Kier molecular flexibility index (Phi) is 5.62. The lowest BCUT2D eigenvalue weighted by atomic mass is 10.1. The smallest absolute Gasteiger partial charge is 0.247 e. The summed E-state index contributed by atoms with van der Waals surface area (Å²) >= 11 is 1.11. The highest BCUT2D eigenvalue weighted by Crippen LogP contribution is 2.25. The zero-order valence-corrected chi connectivity index (χ0v) is 10.6. The second-order valence-corrected chi connectivity index (χ2v) is 4.88. The highest BCUT2D eigenvalue weighted by molar-refractivity contribution is 8.14. The zero-order valence-electron chi connectivity index (χ0n) is 9.79. The Hall–Kier alpha value is -0.900. The minimum atomic E-state index is -2.59. The number of carbonyl (C=O) groups is 1. The number of thioether (sulfide) groups is 1.